The summed E-state index contributed by atoms with van der Waals surface area (Å²) in [5.74, 6) is 0.680. The van der Waals surface area contributed by atoms with Crippen LogP contribution in [-0.4, -0.2) is 25.3 Å². The molecule has 18 heavy (non-hydrogen) atoms. The van der Waals surface area contributed by atoms with Crippen molar-refractivity contribution in [3.63, 3.8) is 0 Å². The van der Waals surface area contributed by atoms with Gasteiger partial charge in [-0.1, -0.05) is 30.3 Å². The van der Waals surface area contributed by atoms with Crippen molar-refractivity contribution in [1.29, 1.82) is 0 Å². The van der Waals surface area contributed by atoms with Crippen molar-refractivity contribution in [2.24, 2.45) is 0 Å². The highest BCUT2D eigenvalue weighted by Gasteiger charge is 2.18. The van der Waals surface area contributed by atoms with Gasteiger partial charge in [-0.3, -0.25) is 0 Å². The van der Waals surface area contributed by atoms with Crippen LogP contribution in [0.3, 0.4) is 0 Å². The number of aliphatic hydroxyl groups excluding tert-OH is 1. The van der Waals surface area contributed by atoms with Gasteiger partial charge in [-0.2, -0.15) is 0 Å². The lowest BCUT2D eigenvalue weighted by Gasteiger charge is -2.18. The van der Waals surface area contributed by atoms with Crippen LogP contribution in [0.2, 0.25) is 0 Å². The molecule has 0 amide bonds. The second-order valence-corrected chi connectivity index (χ2v) is 5.02. The molecule has 1 N–H and O–H groups in total. The maximum atomic E-state index is 10.0. The van der Waals surface area contributed by atoms with Crippen LogP contribution in [0.15, 0.2) is 30.3 Å². The van der Waals surface area contributed by atoms with Gasteiger partial charge in [-0.15, -0.1) is 5.10 Å². The SMILES string of the molecule is CC(C)(C)n1nnnc1/C=C(\O)c1ccccc1. The van der Waals surface area contributed by atoms with E-state index in [1.807, 2.05) is 51.1 Å². The molecule has 0 radical (unpaired) electrons. The van der Waals surface area contributed by atoms with Crippen molar-refractivity contribution < 1.29 is 5.11 Å². The van der Waals surface area contributed by atoms with Gasteiger partial charge in [-0.05, 0) is 31.2 Å². The lowest BCUT2D eigenvalue weighted by Crippen LogP contribution is -2.24. The second kappa shape index (κ2) is 4.60. The summed E-state index contributed by atoms with van der Waals surface area (Å²) in [6.45, 7) is 6.00. The Morgan fingerprint density at radius 1 is 1.22 bits per heavy atom. The Hall–Kier alpha value is -2.17. The first-order valence-electron chi connectivity index (χ1n) is 5.73. The van der Waals surface area contributed by atoms with Gasteiger partial charge in [0.1, 0.15) is 5.76 Å². The Morgan fingerprint density at radius 2 is 1.89 bits per heavy atom. The molecule has 0 aliphatic rings. The molecular weight excluding hydrogens is 228 g/mol. The van der Waals surface area contributed by atoms with Crippen LogP contribution in [0.25, 0.3) is 11.8 Å². The Kier molecular flexibility index (Phi) is 3.14. The normalized spacial score (nSPS) is 12.7. The second-order valence-electron chi connectivity index (χ2n) is 5.02. The van der Waals surface area contributed by atoms with E-state index in [0.29, 0.717) is 5.82 Å². The highest BCUT2D eigenvalue weighted by molar-refractivity contribution is 5.73. The van der Waals surface area contributed by atoms with Crippen LogP contribution < -0.4 is 0 Å². The molecule has 0 saturated carbocycles. The third-order valence-corrected chi connectivity index (χ3v) is 2.46. The van der Waals surface area contributed by atoms with Gasteiger partial charge >= 0.3 is 0 Å². The number of aromatic nitrogens is 4. The molecule has 5 nitrogen and oxygen atoms in total. The summed E-state index contributed by atoms with van der Waals surface area (Å²) in [5, 5.41) is 21.5. The third kappa shape index (κ3) is 2.56. The minimum absolute atomic E-state index is 0.149. The van der Waals surface area contributed by atoms with E-state index >= 15 is 0 Å². The summed E-state index contributed by atoms with van der Waals surface area (Å²) in [7, 11) is 0. The van der Waals surface area contributed by atoms with Gasteiger partial charge in [0.2, 0.25) is 0 Å². The zero-order valence-corrected chi connectivity index (χ0v) is 10.7. The summed E-state index contributed by atoms with van der Waals surface area (Å²) < 4.78 is 1.67. The van der Waals surface area contributed by atoms with Crippen LogP contribution in [0.5, 0.6) is 0 Å². The summed E-state index contributed by atoms with van der Waals surface area (Å²) in [4.78, 5) is 0. The highest BCUT2D eigenvalue weighted by atomic mass is 16.3. The van der Waals surface area contributed by atoms with E-state index in [0.717, 1.165) is 5.56 Å². The van der Waals surface area contributed by atoms with Crippen molar-refractivity contribution in [3.05, 3.63) is 41.7 Å². The molecule has 0 bridgehead atoms. The minimum atomic E-state index is -0.230. The van der Waals surface area contributed by atoms with Crippen molar-refractivity contribution in [2.75, 3.05) is 0 Å². The van der Waals surface area contributed by atoms with Crippen LogP contribution in [0.4, 0.5) is 0 Å². The molecule has 94 valence electrons. The quantitative estimate of drug-likeness (QED) is 0.824. The number of tetrazole rings is 1. The van der Waals surface area contributed by atoms with Crippen LogP contribution in [0, 0.1) is 0 Å². The predicted octanol–water partition coefficient (Wildman–Crippen LogP) is 2.48. The first-order chi connectivity index (χ1) is 8.48. The predicted molar refractivity (Wildman–Crippen MR) is 69.8 cm³/mol. The van der Waals surface area contributed by atoms with Crippen LogP contribution in [0.1, 0.15) is 32.2 Å². The Balaban J connectivity index is 2.37. The molecule has 1 aromatic heterocycles. The van der Waals surface area contributed by atoms with Crippen LogP contribution in [-0.2, 0) is 5.54 Å². The summed E-state index contributed by atoms with van der Waals surface area (Å²) >= 11 is 0. The zero-order chi connectivity index (χ0) is 13.2. The molecule has 2 rings (SSSR count). The molecule has 5 heteroatoms. The number of rotatable bonds is 2. The Morgan fingerprint density at radius 3 is 2.50 bits per heavy atom. The number of hydrogen-bond donors (Lipinski definition) is 1. The minimum Gasteiger partial charge on any atom is -0.507 e. The zero-order valence-electron chi connectivity index (χ0n) is 10.7. The van der Waals surface area contributed by atoms with Crippen molar-refractivity contribution >= 4 is 11.8 Å². The van der Waals surface area contributed by atoms with E-state index in [1.54, 1.807) is 10.8 Å². The van der Waals surface area contributed by atoms with Gasteiger partial charge in [0.05, 0.1) is 5.54 Å². The average molecular weight is 244 g/mol. The molecule has 1 heterocycles. The number of nitrogens with zero attached hydrogens (tertiary/aromatic N) is 4. The first kappa shape index (κ1) is 12.3. The van der Waals surface area contributed by atoms with E-state index in [-0.39, 0.29) is 11.3 Å². The van der Waals surface area contributed by atoms with E-state index in [4.69, 9.17) is 0 Å². The lowest BCUT2D eigenvalue weighted by molar-refractivity contribution is 0.344. The molecule has 0 saturated heterocycles. The Bertz CT molecular complexity index is 552. The summed E-state index contributed by atoms with van der Waals surface area (Å²) in [5.41, 5.74) is 0.507. The van der Waals surface area contributed by atoms with E-state index in [9.17, 15) is 5.11 Å². The van der Waals surface area contributed by atoms with Gasteiger partial charge in [-0.25, -0.2) is 4.68 Å². The monoisotopic (exact) mass is 244 g/mol. The van der Waals surface area contributed by atoms with Crippen molar-refractivity contribution in [2.45, 2.75) is 26.3 Å². The van der Waals surface area contributed by atoms with Crippen LogP contribution >= 0.6 is 0 Å². The van der Waals surface area contributed by atoms with Gasteiger partial charge in [0.25, 0.3) is 0 Å². The largest absolute Gasteiger partial charge is 0.507 e. The average Bonchev–Trinajstić information content (AvgIpc) is 2.78. The Labute approximate surface area is 106 Å². The fourth-order valence-corrected chi connectivity index (χ4v) is 1.58. The van der Waals surface area contributed by atoms with Crippen molar-refractivity contribution in [3.8, 4) is 0 Å². The number of benzene rings is 1. The van der Waals surface area contributed by atoms with E-state index in [1.165, 1.54) is 0 Å². The number of hydrogen-bond acceptors (Lipinski definition) is 4. The summed E-state index contributed by atoms with van der Waals surface area (Å²) in [6.07, 6.45) is 1.57. The molecule has 2 aromatic rings. The summed E-state index contributed by atoms with van der Waals surface area (Å²) in [6, 6.07) is 9.29. The van der Waals surface area contributed by atoms with Crippen molar-refractivity contribution in [1.82, 2.24) is 20.2 Å². The molecule has 0 aliphatic heterocycles. The first-order valence-corrected chi connectivity index (χ1v) is 5.73. The molecule has 0 fully saturated rings. The standard InChI is InChI=1S/C13H16N4O/c1-13(2,3)17-12(14-15-16-17)9-11(18)10-7-5-4-6-8-10/h4-9,18H,1-3H3/b11-9-. The van der Waals surface area contributed by atoms with E-state index in [2.05, 4.69) is 15.5 Å². The van der Waals surface area contributed by atoms with Gasteiger partial charge in [0.15, 0.2) is 5.82 Å². The van der Waals surface area contributed by atoms with Gasteiger partial charge < -0.3 is 5.11 Å². The fourth-order valence-electron chi connectivity index (χ4n) is 1.58. The maximum absolute atomic E-state index is 10.0. The van der Waals surface area contributed by atoms with Gasteiger partial charge in [0, 0.05) is 11.6 Å². The molecule has 0 aliphatic carbocycles. The highest BCUT2D eigenvalue weighted by Crippen LogP contribution is 2.18. The van der Waals surface area contributed by atoms with E-state index < -0.39 is 0 Å². The maximum Gasteiger partial charge on any atom is 0.178 e. The smallest absolute Gasteiger partial charge is 0.178 e. The molecule has 1 aromatic carbocycles. The topological polar surface area (TPSA) is 63.8 Å². The fraction of sp³-hybridized carbons (Fsp3) is 0.308. The number of aliphatic hydroxyl groups is 1. The molecular formula is C13H16N4O. The third-order valence-electron chi connectivity index (χ3n) is 2.46. The molecule has 0 unspecified atom stereocenters. The molecule has 0 spiro atoms. The lowest BCUT2D eigenvalue weighted by atomic mass is 10.1. The molecule has 0 atom stereocenters.